The van der Waals surface area contributed by atoms with Gasteiger partial charge < -0.3 is 10.2 Å². The van der Waals surface area contributed by atoms with Crippen LogP contribution in [0.3, 0.4) is 0 Å². The van der Waals surface area contributed by atoms with Crippen molar-refractivity contribution in [1.82, 2.24) is 10.8 Å². The maximum Gasteiger partial charge on any atom is 0.251 e. The average molecular weight is 307 g/mol. The topological polar surface area (TPSA) is 70.7 Å². The molecule has 22 heavy (non-hydrogen) atoms. The first-order valence-electron chi connectivity index (χ1n) is 7.42. The average Bonchev–Trinajstić information content (AvgIpc) is 2.50. The van der Waals surface area contributed by atoms with Gasteiger partial charge in [0.25, 0.3) is 5.91 Å². The molecule has 0 heterocycles. The summed E-state index contributed by atoms with van der Waals surface area (Å²) in [5.41, 5.74) is 3.99. The van der Waals surface area contributed by atoms with Gasteiger partial charge in [-0.25, -0.2) is 5.48 Å². The highest BCUT2D eigenvalue weighted by Gasteiger charge is 2.05. The lowest BCUT2D eigenvalue weighted by Gasteiger charge is -2.12. The number of hydrogen-bond acceptors (Lipinski definition) is 4. The molecule has 0 fully saturated rings. The maximum atomic E-state index is 11.9. The summed E-state index contributed by atoms with van der Waals surface area (Å²) in [5, 5.41) is 2.88. The number of benzene rings is 1. The van der Waals surface area contributed by atoms with E-state index in [1.807, 2.05) is 43.3 Å². The first-order chi connectivity index (χ1) is 10.5. The summed E-state index contributed by atoms with van der Waals surface area (Å²) >= 11 is 0. The Labute approximate surface area is 131 Å². The summed E-state index contributed by atoms with van der Waals surface area (Å²) in [5.74, 6) is -0.185. The quantitative estimate of drug-likeness (QED) is 0.538. The number of anilines is 1. The molecular formula is C16H25N3O3. The second kappa shape index (κ2) is 9.78. The summed E-state index contributed by atoms with van der Waals surface area (Å²) in [4.78, 5) is 29.6. The standard InChI is InChI=1S/C16H25N3O3/c1-19(2)14-10-8-13(9-11-14)16(21)17-12-6-4-5-7-15(20)18-22-3/h8-11H,4-7,12H2,1-3H3,(H,17,21)(H,18,20). The van der Waals surface area contributed by atoms with E-state index in [2.05, 4.69) is 15.6 Å². The second-order valence-corrected chi connectivity index (χ2v) is 5.24. The van der Waals surface area contributed by atoms with Crippen LogP contribution in [0.15, 0.2) is 24.3 Å². The first kappa shape index (κ1) is 18.0. The van der Waals surface area contributed by atoms with Crippen LogP contribution in [0, 0.1) is 0 Å². The van der Waals surface area contributed by atoms with Crippen molar-refractivity contribution >= 4 is 17.5 Å². The largest absolute Gasteiger partial charge is 0.378 e. The number of hydroxylamine groups is 1. The molecule has 0 spiro atoms. The van der Waals surface area contributed by atoms with Gasteiger partial charge in [0.1, 0.15) is 0 Å². The van der Waals surface area contributed by atoms with Crippen LogP contribution in [0.5, 0.6) is 0 Å². The molecule has 0 aliphatic heterocycles. The van der Waals surface area contributed by atoms with Crippen LogP contribution >= 0.6 is 0 Å². The van der Waals surface area contributed by atoms with E-state index in [4.69, 9.17) is 0 Å². The van der Waals surface area contributed by atoms with Gasteiger partial charge in [-0.2, -0.15) is 0 Å². The molecule has 0 saturated heterocycles. The number of amides is 2. The van der Waals surface area contributed by atoms with Crippen molar-refractivity contribution in [3.8, 4) is 0 Å². The van der Waals surface area contributed by atoms with Crippen molar-refractivity contribution in [3.05, 3.63) is 29.8 Å². The van der Waals surface area contributed by atoms with Gasteiger partial charge in [0.2, 0.25) is 5.91 Å². The molecule has 0 aromatic heterocycles. The van der Waals surface area contributed by atoms with E-state index < -0.39 is 0 Å². The molecule has 0 aliphatic rings. The van der Waals surface area contributed by atoms with Crippen molar-refractivity contribution < 1.29 is 14.4 Å². The molecule has 6 nitrogen and oxygen atoms in total. The Kier molecular flexibility index (Phi) is 7.99. The van der Waals surface area contributed by atoms with Gasteiger partial charge in [-0.05, 0) is 37.1 Å². The minimum atomic E-state index is -0.118. The van der Waals surface area contributed by atoms with Crippen LogP contribution in [0.25, 0.3) is 0 Å². The lowest BCUT2D eigenvalue weighted by atomic mass is 10.1. The lowest BCUT2D eigenvalue weighted by molar-refractivity contribution is -0.131. The Morgan fingerprint density at radius 1 is 1.09 bits per heavy atom. The van der Waals surface area contributed by atoms with Crippen molar-refractivity contribution in [3.63, 3.8) is 0 Å². The smallest absolute Gasteiger partial charge is 0.251 e. The third-order valence-electron chi connectivity index (χ3n) is 3.23. The molecule has 1 rings (SSSR count). The van der Waals surface area contributed by atoms with Gasteiger partial charge >= 0.3 is 0 Å². The van der Waals surface area contributed by atoms with Gasteiger partial charge in [-0.15, -0.1) is 0 Å². The van der Waals surface area contributed by atoms with Gasteiger partial charge in [0.05, 0.1) is 7.11 Å². The third-order valence-corrected chi connectivity index (χ3v) is 3.23. The summed E-state index contributed by atoms with van der Waals surface area (Å²) in [7, 11) is 5.34. The van der Waals surface area contributed by atoms with Gasteiger partial charge in [-0.1, -0.05) is 6.42 Å². The maximum absolute atomic E-state index is 11.9. The molecule has 122 valence electrons. The van der Waals surface area contributed by atoms with Gasteiger partial charge in [0, 0.05) is 38.3 Å². The molecule has 0 atom stereocenters. The fourth-order valence-corrected chi connectivity index (χ4v) is 1.97. The number of nitrogens with one attached hydrogen (secondary N) is 2. The van der Waals surface area contributed by atoms with Crippen molar-refractivity contribution in [1.29, 1.82) is 0 Å². The van der Waals surface area contributed by atoms with Crippen molar-refractivity contribution in [2.45, 2.75) is 25.7 Å². The SMILES string of the molecule is CONC(=O)CCCCCNC(=O)c1ccc(N(C)C)cc1. The Morgan fingerprint density at radius 3 is 2.36 bits per heavy atom. The molecule has 0 unspecified atom stereocenters. The van der Waals surface area contributed by atoms with E-state index in [1.54, 1.807) is 0 Å². The van der Waals surface area contributed by atoms with Crippen molar-refractivity contribution in [2.75, 3.05) is 32.6 Å². The highest BCUT2D eigenvalue weighted by atomic mass is 16.6. The zero-order valence-corrected chi connectivity index (χ0v) is 13.5. The number of carbonyl (C=O) groups excluding carboxylic acids is 2. The van der Waals surface area contributed by atoms with Crippen LogP contribution in [-0.4, -0.2) is 39.6 Å². The van der Waals surface area contributed by atoms with Crippen LogP contribution in [-0.2, 0) is 9.63 Å². The summed E-state index contributed by atoms with van der Waals surface area (Å²) in [6.45, 7) is 0.611. The fourth-order valence-electron chi connectivity index (χ4n) is 1.97. The molecule has 1 aromatic rings. The molecule has 0 aliphatic carbocycles. The second-order valence-electron chi connectivity index (χ2n) is 5.24. The molecule has 0 bridgehead atoms. The van der Waals surface area contributed by atoms with Crippen LogP contribution < -0.4 is 15.7 Å². The fraction of sp³-hybridized carbons (Fsp3) is 0.500. The predicted octanol–water partition coefficient (Wildman–Crippen LogP) is 1.72. The lowest BCUT2D eigenvalue weighted by Crippen LogP contribution is -2.24. The number of hydrogen-bond donors (Lipinski definition) is 2. The zero-order chi connectivity index (χ0) is 16.4. The molecular weight excluding hydrogens is 282 g/mol. The monoisotopic (exact) mass is 307 g/mol. The van der Waals surface area contributed by atoms with Gasteiger partial charge in [0.15, 0.2) is 0 Å². The minimum absolute atomic E-state index is 0.0672. The molecule has 1 aromatic carbocycles. The number of unbranched alkanes of at least 4 members (excludes halogenated alkanes) is 2. The van der Waals surface area contributed by atoms with Crippen molar-refractivity contribution in [2.24, 2.45) is 0 Å². The van der Waals surface area contributed by atoms with E-state index in [0.29, 0.717) is 18.5 Å². The van der Waals surface area contributed by atoms with E-state index in [0.717, 1.165) is 24.9 Å². The normalized spacial score (nSPS) is 10.1. The predicted molar refractivity (Wildman–Crippen MR) is 86.7 cm³/mol. The van der Waals surface area contributed by atoms with E-state index in [1.165, 1.54) is 7.11 Å². The summed E-state index contributed by atoms with van der Waals surface area (Å²) in [6, 6.07) is 7.48. The Morgan fingerprint density at radius 2 is 1.77 bits per heavy atom. The highest BCUT2D eigenvalue weighted by molar-refractivity contribution is 5.94. The molecule has 6 heteroatoms. The van der Waals surface area contributed by atoms with Crippen LogP contribution in [0.2, 0.25) is 0 Å². The molecule has 0 radical (unpaired) electrons. The third kappa shape index (κ3) is 6.58. The summed E-state index contributed by atoms with van der Waals surface area (Å²) < 4.78 is 0. The van der Waals surface area contributed by atoms with E-state index in [-0.39, 0.29) is 11.8 Å². The molecule has 0 saturated carbocycles. The van der Waals surface area contributed by atoms with Gasteiger partial charge in [-0.3, -0.25) is 14.4 Å². The molecule has 2 N–H and O–H groups in total. The number of carbonyl (C=O) groups is 2. The molecule has 2 amide bonds. The Balaban J connectivity index is 2.19. The number of nitrogens with zero attached hydrogens (tertiary/aromatic N) is 1. The summed E-state index contributed by atoms with van der Waals surface area (Å²) in [6.07, 6.45) is 2.95. The highest BCUT2D eigenvalue weighted by Crippen LogP contribution is 2.12. The number of rotatable bonds is 9. The minimum Gasteiger partial charge on any atom is -0.378 e. The first-order valence-corrected chi connectivity index (χ1v) is 7.42. The van der Waals surface area contributed by atoms with Crippen LogP contribution in [0.1, 0.15) is 36.0 Å². The van der Waals surface area contributed by atoms with E-state index >= 15 is 0 Å². The van der Waals surface area contributed by atoms with E-state index in [9.17, 15) is 9.59 Å². The Hall–Kier alpha value is -2.08. The zero-order valence-electron chi connectivity index (χ0n) is 13.5. The Bertz CT molecular complexity index is 472. The van der Waals surface area contributed by atoms with Crippen LogP contribution in [0.4, 0.5) is 5.69 Å².